The van der Waals surface area contributed by atoms with Gasteiger partial charge >= 0.3 is 12.3 Å². The van der Waals surface area contributed by atoms with E-state index >= 15 is 0 Å². The van der Waals surface area contributed by atoms with Gasteiger partial charge in [0.1, 0.15) is 5.75 Å². The Hall–Kier alpha value is -1.70. The van der Waals surface area contributed by atoms with Crippen LogP contribution in [0.3, 0.4) is 0 Å². The van der Waals surface area contributed by atoms with Gasteiger partial charge in [-0.05, 0) is 0 Å². The van der Waals surface area contributed by atoms with Crippen LogP contribution in [0, 0.1) is 0 Å². The van der Waals surface area contributed by atoms with E-state index in [9.17, 15) is 18.0 Å². The third-order valence-electron chi connectivity index (χ3n) is 1.80. The van der Waals surface area contributed by atoms with Crippen molar-refractivity contribution < 1.29 is 32.5 Å². The summed E-state index contributed by atoms with van der Waals surface area (Å²) in [5.41, 5.74) is -0.880. The van der Waals surface area contributed by atoms with Crippen LogP contribution >= 0.6 is 11.6 Å². The fourth-order valence-electron chi connectivity index (χ4n) is 1.14. The third kappa shape index (κ3) is 3.39. The minimum Gasteiger partial charge on any atom is -0.495 e. The molecule has 1 N–H and O–H groups in total. The predicted octanol–water partition coefficient (Wildman–Crippen LogP) is 2.43. The fourth-order valence-corrected chi connectivity index (χ4v) is 1.34. The Morgan fingerprint density at radius 2 is 2.11 bits per heavy atom. The van der Waals surface area contributed by atoms with Crippen molar-refractivity contribution in [1.82, 2.24) is 4.98 Å². The zero-order valence-electron chi connectivity index (χ0n) is 8.92. The van der Waals surface area contributed by atoms with Crippen molar-refractivity contribution in [2.24, 2.45) is 0 Å². The number of carbonyl (C=O) groups is 1. The van der Waals surface area contributed by atoms with Crippen LogP contribution < -0.4 is 9.47 Å². The quantitative estimate of drug-likeness (QED) is 0.861. The molecule has 9 heteroatoms. The summed E-state index contributed by atoms with van der Waals surface area (Å²) in [6.45, 7) is 0. The van der Waals surface area contributed by atoms with Crippen LogP contribution in [0.5, 0.6) is 11.5 Å². The summed E-state index contributed by atoms with van der Waals surface area (Å²) >= 11 is 5.47. The molecule has 0 atom stereocenters. The van der Waals surface area contributed by atoms with Gasteiger partial charge in [-0.2, -0.15) is 0 Å². The summed E-state index contributed by atoms with van der Waals surface area (Å²) in [6, 6.07) is 0.779. The molecule has 0 saturated heterocycles. The summed E-state index contributed by atoms with van der Waals surface area (Å²) in [7, 11) is 1.19. The number of carboxylic acid groups (broad SMARTS) is 1. The number of ether oxygens (including phenoxy) is 2. The number of methoxy groups -OCH3 is 1. The van der Waals surface area contributed by atoms with E-state index in [-0.39, 0.29) is 17.3 Å². The second-order valence-corrected chi connectivity index (χ2v) is 3.24. The molecule has 0 bridgehead atoms. The monoisotopic (exact) mass is 285 g/mol. The molecule has 18 heavy (non-hydrogen) atoms. The topological polar surface area (TPSA) is 68.7 Å². The molecule has 0 radical (unpaired) electrons. The summed E-state index contributed by atoms with van der Waals surface area (Å²) in [5.74, 6) is -2.92. The maximum Gasteiger partial charge on any atom is 0.573 e. The molecule has 100 valence electrons. The molecule has 0 unspecified atom stereocenters. The fraction of sp³-hybridized carbons (Fsp3) is 0.333. The van der Waals surface area contributed by atoms with Gasteiger partial charge < -0.3 is 14.6 Å². The summed E-state index contributed by atoms with van der Waals surface area (Å²) < 4.78 is 44.6. The summed E-state index contributed by atoms with van der Waals surface area (Å²) in [6.07, 6.45) is -5.03. The van der Waals surface area contributed by atoms with Crippen molar-refractivity contribution in [2.45, 2.75) is 12.2 Å². The molecule has 0 aliphatic rings. The van der Waals surface area contributed by atoms with E-state index < -0.39 is 23.8 Å². The first-order valence-corrected chi connectivity index (χ1v) is 4.95. The number of halogens is 4. The molecule has 0 spiro atoms. The lowest BCUT2D eigenvalue weighted by Gasteiger charge is -2.13. The van der Waals surface area contributed by atoms with Crippen molar-refractivity contribution in [1.29, 1.82) is 0 Å². The van der Waals surface area contributed by atoms with Gasteiger partial charge in [-0.25, -0.2) is 9.78 Å². The van der Waals surface area contributed by atoms with Crippen LogP contribution in [0.1, 0.15) is 16.2 Å². The SMILES string of the molecule is COc1cc(OC(F)(F)F)c(C(=O)O)nc1CCl. The van der Waals surface area contributed by atoms with E-state index in [0.717, 1.165) is 6.07 Å². The zero-order chi connectivity index (χ0) is 13.9. The van der Waals surface area contributed by atoms with Crippen molar-refractivity contribution in [2.75, 3.05) is 7.11 Å². The lowest BCUT2D eigenvalue weighted by molar-refractivity contribution is -0.274. The van der Waals surface area contributed by atoms with E-state index in [1.54, 1.807) is 0 Å². The average Bonchev–Trinajstić information content (AvgIpc) is 2.25. The van der Waals surface area contributed by atoms with Crippen molar-refractivity contribution in [3.63, 3.8) is 0 Å². The van der Waals surface area contributed by atoms with Gasteiger partial charge in [0.25, 0.3) is 0 Å². The minimum absolute atomic E-state index is 0.00564. The Kier molecular flexibility index (Phi) is 4.23. The number of carboxylic acids is 1. The normalized spacial score (nSPS) is 11.2. The molecule has 0 aromatic carbocycles. The molecule has 1 rings (SSSR count). The van der Waals surface area contributed by atoms with Crippen molar-refractivity contribution >= 4 is 17.6 Å². The van der Waals surface area contributed by atoms with Crippen LogP contribution in [0.15, 0.2) is 6.07 Å². The van der Waals surface area contributed by atoms with E-state index in [0.29, 0.717) is 0 Å². The van der Waals surface area contributed by atoms with Gasteiger partial charge in [0.05, 0.1) is 18.7 Å². The van der Waals surface area contributed by atoms with E-state index in [2.05, 4.69) is 9.72 Å². The van der Waals surface area contributed by atoms with Gasteiger partial charge in [-0.15, -0.1) is 24.8 Å². The molecule has 0 aliphatic carbocycles. The Balaban J connectivity index is 3.33. The smallest absolute Gasteiger partial charge is 0.495 e. The highest BCUT2D eigenvalue weighted by atomic mass is 35.5. The number of pyridine rings is 1. The predicted molar refractivity (Wildman–Crippen MR) is 54.0 cm³/mol. The lowest BCUT2D eigenvalue weighted by Crippen LogP contribution is -2.20. The van der Waals surface area contributed by atoms with Crippen molar-refractivity contribution in [3.8, 4) is 11.5 Å². The number of hydrogen-bond donors (Lipinski definition) is 1. The largest absolute Gasteiger partial charge is 0.573 e. The van der Waals surface area contributed by atoms with Gasteiger partial charge in [-0.3, -0.25) is 0 Å². The molecule has 0 amide bonds. The number of hydrogen-bond acceptors (Lipinski definition) is 4. The summed E-state index contributed by atoms with van der Waals surface area (Å²) in [4.78, 5) is 14.2. The number of aromatic carboxylic acids is 1. The second kappa shape index (κ2) is 5.30. The van der Waals surface area contributed by atoms with E-state index in [4.69, 9.17) is 21.4 Å². The lowest BCUT2D eigenvalue weighted by atomic mass is 10.2. The zero-order valence-corrected chi connectivity index (χ0v) is 9.67. The number of rotatable bonds is 4. The number of alkyl halides is 4. The van der Waals surface area contributed by atoms with E-state index in [1.165, 1.54) is 7.11 Å². The Bertz CT molecular complexity index is 464. The molecule has 0 fully saturated rings. The Morgan fingerprint density at radius 3 is 2.50 bits per heavy atom. The first-order chi connectivity index (χ1) is 8.28. The number of aromatic nitrogens is 1. The first-order valence-electron chi connectivity index (χ1n) is 4.41. The number of nitrogens with zero attached hydrogens (tertiary/aromatic N) is 1. The first kappa shape index (κ1) is 14.4. The van der Waals surface area contributed by atoms with Gasteiger partial charge in [0.15, 0.2) is 11.4 Å². The van der Waals surface area contributed by atoms with Crippen LogP contribution in [-0.2, 0) is 5.88 Å². The molecular weight excluding hydrogens is 279 g/mol. The molecule has 0 saturated carbocycles. The summed E-state index contributed by atoms with van der Waals surface area (Å²) in [5, 5.41) is 8.75. The highest BCUT2D eigenvalue weighted by molar-refractivity contribution is 6.17. The van der Waals surface area contributed by atoms with Crippen LogP contribution in [0.2, 0.25) is 0 Å². The molecule has 0 aliphatic heterocycles. The highest BCUT2D eigenvalue weighted by Crippen LogP contribution is 2.31. The highest BCUT2D eigenvalue weighted by Gasteiger charge is 2.34. The molecule has 1 heterocycles. The van der Waals surface area contributed by atoms with Crippen LogP contribution in [-0.4, -0.2) is 29.5 Å². The Labute approximate surface area is 104 Å². The van der Waals surface area contributed by atoms with Gasteiger partial charge in [0.2, 0.25) is 0 Å². The van der Waals surface area contributed by atoms with E-state index in [1.807, 2.05) is 0 Å². The molecule has 5 nitrogen and oxygen atoms in total. The molecule has 1 aromatic heterocycles. The molecule has 1 aromatic rings. The maximum absolute atomic E-state index is 12.1. The minimum atomic E-state index is -5.03. The molecular formula is C9H7ClF3NO4. The maximum atomic E-state index is 12.1. The van der Waals surface area contributed by atoms with Crippen molar-refractivity contribution in [3.05, 3.63) is 17.5 Å². The Morgan fingerprint density at radius 1 is 1.50 bits per heavy atom. The standard InChI is InChI=1S/C9H7ClF3NO4/c1-17-5-2-6(18-9(11,12)13)7(8(15)16)14-4(5)3-10/h2H,3H2,1H3,(H,15,16). The van der Waals surface area contributed by atoms with Crippen LogP contribution in [0.25, 0.3) is 0 Å². The second-order valence-electron chi connectivity index (χ2n) is 2.97. The van der Waals surface area contributed by atoms with Crippen LogP contribution in [0.4, 0.5) is 13.2 Å². The average molecular weight is 286 g/mol. The van der Waals surface area contributed by atoms with Gasteiger partial charge in [-0.1, -0.05) is 0 Å². The third-order valence-corrected chi connectivity index (χ3v) is 2.05. The van der Waals surface area contributed by atoms with Gasteiger partial charge in [0, 0.05) is 6.07 Å².